The second-order valence-electron chi connectivity index (χ2n) is 5.76. The number of hydrogen-bond donors (Lipinski definition) is 1. The van der Waals surface area contributed by atoms with Gasteiger partial charge in [0, 0.05) is 6.54 Å². The number of halogens is 2. The third kappa shape index (κ3) is 6.32. The molecule has 0 aliphatic rings. The van der Waals surface area contributed by atoms with Gasteiger partial charge < -0.3 is 10.1 Å². The highest BCUT2D eigenvalue weighted by Crippen LogP contribution is 2.34. The first-order chi connectivity index (χ1) is 13.0. The van der Waals surface area contributed by atoms with Crippen LogP contribution in [-0.4, -0.2) is 19.1 Å². The van der Waals surface area contributed by atoms with E-state index in [4.69, 9.17) is 27.9 Å². The molecule has 0 aliphatic heterocycles. The summed E-state index contributed by atoms with van der Waals surface area (Å²) in [6.07, 6.45) is 3.10. The van der Waals surface area contributed by atoms with Crippen LogP contribution in [0.2, 0.25) is 10.0 Å². The number of benzene rings is 2. The van der Waals surface area contributed by atoms with Gasteiger partial charge in [0.1, 0.15) is 11.6 Å². The molecule has 0 saturated carbocycles. The van der Waals surface area contributed by atoms with Gasteiger partial charge in [-0.2, -0.15) is 5.26 Å². The summed E-state index contributed by atoms with van der Waals surface area (Å²) in [4.78, 5) is 12.2. The topological polar surface area (TPSA) is 62.1 Å². The summed E-state index contributed by atoms with van der Waals surface area (Å²) in [6.45, 7) is 2.75. The van der Waals surface area contributed by atoms with Crippen LogP contribution in [0.15, 0.2) is 48.0 Å². The Morgan fingerprint density at radius 1 is 1.22 bits per heavy atom. The third-order valence-electron chi connectivity index (χ3n) is 3.76. The van der Waals surface area contributed by atoms with Crippen molar-refractivity contribution in [3.63, 3.8) is 0 Å². The highest BCUT2D eigenvalue weighted by molar-refractivity contribution is 6.37. The molecule has 0 unspecified atom stereocenters. The van der Waals surface area contributed by atoms with E-state index in [0.29, 0.717) is 34.5 Å². The normalized spacial score (nSPS) is 11.0. The van der Waals surface area contributed by atoms with Gasteiger partial charge in [-0.25, -0.2) is 0 Å². The van der Waals surface area contributed by atoms with Gasteiger partial charge in [0.05, 0.1) is 16.7 Å². The molecule has 27 heavy (non-hydrogen) atoms. The van der Waals surface area contributed by atoms with E-state index < -0.39 is 5.91 Å². The molecule has 2 aromatic rings. The molecular formula is C21H20Cl2N2O2. The van der Waals surface area contributed by atoms with E-state index >= 15 is 0 Å². The minimum atomic E-state index is -0.424. The summed E-state index contributed by atoms with van der Waals surface area (Å²) >= 11 is 12.3. The van der Waals surface area contributed by atoms with Gasteiger partial charge in [-0.15, -0.1) is 0 Å². The van der Waals surface area contributed by atoms with Crippen molar-refractivity contribution in [3.8, 4) is 11.8 Å². The molecule has 0 bridgehead atoms. The molecule has 0 fully saturated rings. The molecule has 0 atom stereocenters. The van der Waals surface area contributed by atoms with Gasteiger partial charge in [0.25, 0.3) is 5.91 Å². The highest BCUT2D eigenvalue weighted by Gasteiger charge is 2.12. The Morgan fingerprint density at radius 2 is 1.89 bits per heavy atom. The Labute approximate surface area is 169 Å². The highest BCUT2D eigenvalue weighted by atomic mass is 35.5. The maximum atomic E-state index is 12.2. The van der Waals surface area contributed by atoms with Gasteiger partial charge in [-0.3, -0.25) is 4.79 Å². The quantitative estimate of drug-likeness (QED) is 0.381. The molecule has 0 aliphatic carbocycles. The lowest BCUT2D eigenvalue weighted by Crippen LogP contribution is -2.25. The zero-order valence-corrected chi connectivity index (χ0v) is 16.5. The van der Waals surface area contributed by atoms with Gasteiger partial charge in [-0.1, -0.05) is 53.5 Å². The van der Waals surface area contributed by atoms with Crippen molar-refractivity contribution in [2.75, 3.05) is 13.2 Å². The second kappa shape index (κ2) is 10.6. The van der Waals surface area contributed by atoms with Crippen LogP contribution in [0, 0.1) is 11.3 Å². The van der Waals surface area contributed by atoms with Crippen molar-refractivity contribution in [1.82, 2.24) is 5.32 Å². The van der Waals surface area contributed by atoms with Crippen LogP contribution >= 0.6 is 23.2 Å². The van der Waals surface area contributed by atoms with E-state index in [0.717, 1.165) is 12.8 Å². The summed E-state index contributed by atoms with van der Waals surface area (Å²) in [5, 5.41) is 12.7. The zero-order chi connectivity index (χ0) is 19.6. The van der Waals surface area contributed by atoms with Crippen molar-refractivity contribution >= 4 is 35.2 Å². The molecule has 140 valence electrons. The average molecular weight is 403 g/mol. The van der Waals surface area contributed by atoms with E-state index in [1.54, 1.807) is 12.1 Å². The van der Waals surface area contributed by atoms with Crippen molar-refractivity contribution < 1.29 is 9.53 Å². The van der Waals surface area contributed by atoms with Crippen molar-refractivity contribution in [2.45, 2.75) is 19.8 Å². The van der Waals surface area contributed by atoms with Gasteiger partial charge in [-0.05, 0) is 49.1 Å². The molecular weight excluding hydrogens is 383 g/mol. The SMILES string of the molecule is CCOc1c(Cl)cc(/C=C(/C#N)C(=O)NCCCc2ccccc2)cc1Cl. The molecule has 2 rings (SSSR count). The summed E-state index contributed by atoms with van der Waals surface area (Å²) in [5.74, 6) is -0.0338. The number of carbonyl (C=O) groups is 1. The lowest BCUT2D eigenvalue weighted by molar-refractivity contribution is -0.117. The largest absolute Gasteiger partial charge is 0.491 e. The number of nitrogens with zero attached hydrogens (tertiary/aromatic N) is 1. The van der Waals surface area contributed by atoms with E-state index in [-0.39, 0.29) is 5.57 Å². The molecule has 0 radical (unpaired) electrons. The minimum Gasteiger partial charge on any atom is -0.491 e. The Hall–Kier alpha value is -2.48. The average Bonchev–Trinajstić information content (AvgIpc) is 2.67. The summed E-state index contributed by atoms with van der Waals surface area (Å²) in [6, 6.07) is 15.2. The molecule has 6 heteroatoms. The molecule has 0 spiro atoms. The number of ether oxygens (including phenoxy) is 1. The fraction of sp³-hybridized carbons (Fsp3) is 0.238. The molecule has 0 saturated heterocycles. The molecule has 4 nitrogen and oxygen atoms in total. The van der Waals surface area contributed by atoms with Crippen LogP contribution in [0.25, 0.3) is 6.08 Å². The maximum absolute atomic E-state index is 12.2. The smallest absolute Gasteiger partial charge is 0.261 e. The lowest BCUT2D eigenvalue weighted by Gasteiger charge is -2.09. The number of hydrogen-bond acceptors (Lipinski definition) is 3. The molecule has 1 amide bonds. The zero-order valence-electron chi connectivity index (χ0n) is 15.0. The van der Waals surface area contributed by atoms with Crippen LogP contribution in [0.1, 0.15) is 24.5 Å². The van der Waals surface area contributed by atoms with E-state index in [2.05, 4.69) is 5.32 Å². The van der Waals surface area contributed by atoms with Gasteiger partial charge in [0.15, 0.2) is 5.75 Å². The number of carbonyl (C=O) groups excluding carboxylic acids is 1. The minimum absolute atomic E-state index is 0.00833. The predicted molar refractivity (Wildman–Crippen MR) is 109 cm³/mol. The first-order valence-electron chi connectivity index (χ1n) is 8.61. The van der Waals surface area contributed by atoms with Crippen LogP contribution in [0.3, 0.4) is 0 Å². The van der Waals surface area contributed by atoms with E-state index in [9.17, 15) is 10.1 Å². The monoisotopic (exact) mass is 402 g/mol. The van der Waals surface area contributed by atoms with E-state index in [1.165, 1.54) is 11.6 Å². The van der Waals surface area contributed by atoms with Crippen LogP contribution in [0.4, 0.5) is 0 Å². The van der Waals surface area contributed by atoms with Crippen molar-refractivity contribution in [3.05, 3.63) is 69.2 Å². The number of nitrogens with one attached hydrogen (secondary N) is 1. The Balaban J connectivity index is 1.98. The maximum Gasteiger partial charge on any atom is 0.261 e. The van der Waals surface area contributed by atoms with Crippen molar-refractivity contribution in [2.24, 2.45) is 0 Å². The number of amides is 1. The van der Waals surface area contributed by atoms with Crippen LogP contribution < -0.4 is 10.1 Å². The number of rotatable bonds is 8. The molecule has 0 aromatic heterocycles. The lowest BCUT2D eigenvalue weighted by atomic mass is 10.1. The molecule has 1 N–H and O–H groups in total. The van der Waals surface area contributed by atoms with Gasteiger partial charge in [0.2, 0.25) is 0 Å². The number of nitriles is 1. The summed E-state index contributed by atoms with van der Waals surface area (Å²) in [7, 11) is 0. The standard InChI is InChI=1S/C21H20Cl2N2O2/c1-2-27-20-18(22)12-16(13-19(20)23)11-17(14-24)21(26)25-10-6-9-15-7-4-3-5-8-15/h3-5,7-8,11-13H,2,6,9-10H2,1H3,(H,25,26)/b17-11-. The van der Waals surface area contributed by atoms with Gasteiger partial charge >= 0.3 is 0 Å². The molecule has 2 aromatic carbocycles. The summed E-state index contributed by atoms with van der Waals surface area (Å²) in [5.41, 5.74) is 1.76. The Morgan fingerprint density at radius 3 is 2.48 bits per heavy atom. The van der Waals surface area contributed by atoms with Crippen LogP contribution in [-0.2, 0) is 11.2 Å². The first kappa shape index (κ1) is 20.8. The molecule has 0 heterocycles. The Kier molecular flexibility index (Phi) is 8.19. The van der Waals surface area contributed by atoms with Crippen LogP contribution in [0.5, 0.6) is 5.75 Å². The van der Waals surface area contributed by atoms with Crippen molar-refractivity contribution in [1.29, 1.82) is 5.26 Å². The third-order valence-corrected chi connectivity index (χ3v) is 4.32. The fourth-order valence-corrected chi connectivity index (χ4v) is 3.11. The van der Waals surface area contributed by atoms with E-state index in [1.807, 2.05) is 43.3 Å². The summed E-state index contributed by atoms with van der Waals surface area (Å²) < 4.78 is 5.37. The first-order valence-corrected chi connectivity index (χ1v) is 9.36. The predicted octanol–water partition coefficient (Wildman–Crippen LogP) is 5.05. The number of aryl methyl sites for hydroxylation is 1. The fourth-order valence-electron chi connectivity index (χ4n) is 2.49. The Bertz CT molecular complexity index is 835. The second-order valence-corrected chi connectivity index (χ2v) is 6.58.